The number of alkyl halides is 1. The number of hydrogen-bond acceptors (Lipinski definition) is 0. The summed E-state index contributed by atoms with van der Waals surface area (Å²) < 4.78 is 13.9. The van der Waals surface area contributed by atoms with Crippen molar-refractivity contribution in [2.75, 3.05) is 0 Å². The first-order valence-electron chi connectivity index (χ1n) is 7.08. The molecule has 3 atom stereocenters. The van der Waals surface area contributed by atoms with Gasteiger partial charge in [-0.25, -0.2) is 4.39 Å². The van der Waals surface area contributed by atoms with E-state index in [1.165, 1.54) is 24.8 Å². The van der Waals surface area contributed by atoms with Gasteiger partial charge in [-0.2, -0.15) is 0 Å². The van der Waals surface area contributed by atoms with Crippen molar-refractivity contribution in [3.8, 4) is 0 Å². The zero-order valence-corrected chi connectivity index (χ0v) is 12.2. The van der Waals surface area contributed by atoms with Crippen LogP contribution in [0.5, 0.6) is 0 Å². The number of halogens is 2. The molecule has 0 aliphatic heterocycles. The monoisotopic (exact) mass is 318 g/mol. The Labute approximate surface area is 121 Å². The summed E-state index contributed by atoms with van der Waals surface area (Å²) in [6.45, 7) is 0. The second-order valence-corrected chi connectivity index (χ2v) is 6.91. The van der Waals surface area contributed by atoms with Gasteiger partial charge >= 0.3 is 0 Å². The van der Waals surface area contributed by atoms with Gasteiger partial charge in [-0.1, -0.05) is 52.7 Å². The Morgan fingerprint density at radius 1 is 1.00 bits per heavy atom. The van der Waals surface area contributed by atoms with Crippen molar-refractivity contribution >= 4 is 26.7 Å². The Morgan fingerprint density at radius 3 is 2.42 bits per heavy atom. The molecule has 2 saturated carbocycles. The molecular formula is C17H16BrF. The first kappa shape index (κ1) is 11.9. The van der Waals surface area contributed by atoms with Gasteiger partial charge in [0.2, 0.25) is 0 Å². The maximum Gasteiger partial charge on any atom is 0.131 e. The second kappa shape index (κ2) is 4.31. The molecular weight excluding hydrogens is 303 g/mol. The average molecular weight is 319 g/mol. The first-order chi connectivity index (χ1) is 9.27. The van der Waals surface area contributed by atoms with Crippen LogP contribution in [0.1, 0.15) is 29.7 Å². The Bertz CT molecular complexity index is 626. The summed E-state index contributed by atoms with van der Waals surface area (Å²) in [6, 6.07) is 11.4. The van der Waals surface area contributed by atoms with E-state index in [2.05, 4.69) is 15.9 Å². The van der Waals surface area contributed by atoms with E-state index in [-0.39, 0.29) is 5.82 Å². The molecule has 3 unspecified atom stereocenters. The minimum Gasteiger partial charge on any atom is -0.206 e. The number of benzene rings is 2. The molecule has 2 heteroatoms. The third-order valence-electron chi connectivity index (χ3n) is 5.01. The summed E-state index contributed by atoms with van der Waals surface area (Å²) in [7, 11) is 0. The summed E-state index contributed by atoms with van der Waals surface area (Å²) in [5.74, 6) is 2.47. The fraction of sp³-hybridized carbons (Fsp3) is 0.412. The van der Waals surface area contributed by atoms with Crippen molar-refractivity contribution in [2.45, 2.75) is 24.1 Å². The molecule has 0 bridgehead atoms. The molecule has 2 fully saturated rings. The van der Waals surface area contributed by atoms with Gasteiger partial charge in [0.1, 0.15) is 5.82 Å². The standard InChI is InChI=1S/C17H16BrF/c18-17(16-12-6-3-7-13(12)16)14-8-9-15(19)11-5-2-1-4-10(11)14/h1-2,4-5,8-9,12-13,16-17H,3,6-7H2. The normalized spacial score (nSPS) is 30.3. The van der Waals surface area contributed by atoms with Crippen molar-refractivity contribution in [1.82, 2.24) is 0 Å². The largest absolute Gasteiger partial charge is 0.206 e. The van der Waals surface area contributed by atoms with Crippen molar-refractivity contribution in [1.29, 1.82) is 0 Å². The van der Waals surface area contributed by atoms with Gasteiger partial charge < -0.3 is 0 Å². The highest BCUT2D eigenvalue weighted by Crippen LogP contribution is 2.64. The first-order valence-corrected chi connectivity index (χ1v) is 8.00. The lowest BCUT2D eigenvalue weighted by Crippen LogP contribution is -1.99. The lowest BCUT2D eigenvalue weighted by molar-refractivity contribution is 0.583. The maximum absolute atomic E-state index is 13.9. The Balaban J connectivity index is 1.77. The number of rotatable bonds is 2. The van der Waals surface area contributed by atoms with Crippen LogP contribution in [-0.2, 0) is 0 Å². The van der Waals surface area contributed by atoms with Crippen LogP contribution in [0.3, 0.4) is 0 Å². The van der Waals surface area contributed by atoms with Crippen LogP contribution in [0.15, 0.2) is 36.4 Å². The van der Waals surface area contributed by atoms with E-state index in [0.29, 0.717) is 4.83 Å². The molecule has 0 spiro atoms. The highest BCUT2D eigenvalue weighted by molar-refractivity contribution is 9.09. The Hall–Kier alpha value is -0.890. The average Bonchev–Trinajstić information content (AvgIpc) is 2.92. The molecule has 0 saturated heterocycles. The molecule has 2 aromatic carbocycles. The molecule has 0 radical (unpaired) electrons. The third-order valence-corrected chi connectivity index (χ3v) is 6.12. The third kappa shape index (κ3) is 1.76. The predicted molar refractivity (Wildman–Crippen MR) is 79.9 cm³/mol. The molecule has 0 nitrogen and oxygen atoms in total. The predicted octanol–water partition coefficient (Wildman–Crippen LogP) is 5.46. The Morgan fingerprint density at radius 2 is 1.68 bits per heavy atom. The van der Waals surface area contributed by atoms with Crippen molar-refractivity contribution in [2.24, 2.45) is 17.8 Å². The molecule has 2 aliphatic rings. The van der Waals surface area contributed by atoms with Crippen LogP contribution in [0, 0.1) is 23.6 Å². The molecule has 98 valence electrons. The van der Waals surface area contributed by atoms with E-state index in [9.17, 15) is 4.39 Å². The van der Waals surface area contributed by atoms with Crippen LogP contribution in [0.25, 0.3) is 10.8 Å². The van der Waals surface area contributed by atoms with Crippen molar-refractivity contribution < 1.29 is 4.39 Å². The summed E-state index contributed by atoms with van der Waals surface area (Å²) >= 11 is 3.89. The van der Waals surface area contributed by atoms with Gasteiger partial charge in [-0.05, 0) is 47.6 Å². The minimum absolute atomic E-state index is 0.116. The molecule has 0 amide bonds. The summed E-state index contributed by atoms with van der Waals surface area (Å²) in [6.07, 6.45) is 4.17. The topological polar surface area (TPSA) is 0 Å². The van der Waals surface area contributed by atoms with Gasteiger partial charge in [0.05, 0.1) is 0 Å². The minimum atomic E-state index is -0.116. The van der Waals surface area contributed by atoms with E-state index in [1.54, 1.807) is 6.07 Å². The smallest absolute Gasteiger partial charge is 0.131 e. The molecule has 0 N–H and O–H groups in total. The number of fused-ring (bicyclic) bond motifs is 2. The van der Waals surface area contributed by atoms with Gasteiger partial charge in [0, 0.05) is 10.2 Å². The van der Waals surface area contributed by atoms with Crippen LogP contribution in [0.4, 0.5) is 4.39 Å². The van der Waals surface area contributed by atoms with Crippen LogP contribution in [-0.4, -0.2) is 0 Å². The zero-order valence-electron chi connectivity index (χ0n) is 10.7. The fourth-order valence-electron chi connectivity index (χ4n) is 4.04. The van der Waals surface area contributed by atoms with Crippen LogP contribution < -0.4 is 0 Å². The zero-order chi connectivity index (χ0) is 13.0. The molecule has 4 rings (SSSR count). The van der Waals surface area contributed by atoms with E-state index < -0.39 is 0 Å². The highest BCUT2D eigenvalue weighted by Gasteiger charge is 2.55. The second-order valence-electron chi connectivity index (χ2n) is 5.92. The summed E-state index contributed by atoms with van der Waals surface area (Å²) in [5.41, 5.74) is 1.26. The van der Waals surface area contributed by atoms with Gasteiger partial charge in [-0.3, -0.25) is 0 Å². The van der Waals surface area contributed by atoms with E-state index in [1.807, 2.05) is 30.3 Å². The van der Waals surface area contributed by atoms with Gasteiger partial charge in [0.25, 0.3) is 0 Å². The quantitative estimate of drug-likeness (QED) is 0.645. The van der Waals surface area contributed by atoms with Crippen LogP contribution >= 0.6 is 15.9 Å². The molecule has 2 aromatic rings. The highest BCUT2D eigenvalue weighted by atomic mass is 79.9. The molecule has 0 heterocycles. The summed E-state index contributed by atoms with van der Waals surface area (Å²) in [5, 5.41) is 1.81. The van der Waals surface area contributed by atoms with Crippen LogP contribution in [0.2, 0.25) is 0 Å². The Kier molecular flexibility index (Phi) is 2.70. The molecule has 19 heavy (non-hydrogen) atoms. The SMILES string of the molecule is Fc1ccc(C(Br)C2C3CCCC32)c2ccccc12. The van der Waals surface area contributed by atoms with E-state index >= 15 is 0 Å². The lowest BCUT2D eigenvalue weighted by Gasteiger charge is -2.15. The van der Waals surface area contributed by atoms with Crippen molar-refractivity contribution in [3.05, 3.63) is 47.8 Å². The molecule has 0 aromatic heterocycles. The molecule has 2 aliphatic carbocycles. The van der Waals surface area contributed by atoms with E-state index in [0.717, 1.165) is 28.5 Å². The van der Waals surface area contributed by atoms with Crippen molar-refractivity contribution in [3.63, 3.8) is 0 Å². The lowest BCUT2D eigenvalue weighted by atomic mass is 9.97. The van der Waals surface area contributed by atoms with Gasteiger partial charge in [0.15, 0.2) is 0 Å². The fourth-order valence-corrected chi connectivity index (χ4v) is 5.23. The number of hydrogen-bond donors (Lipinski definition) is 0. The maximum atomic E-state index is 13.9. The van der Waals surface area contributed by atoms with E-state index in [4.69, 9.17) is 0 Å². The summed E-state index contributed by atoms with van der Waals surface area (Å²) in [4.78, 5) is 0.383. The van der Waals surface area contributed by atoms with Gasteiger partial charge in [-0.15, -0.1) is 0 Å².